The van der Waals surface area contributed by atoms with E-state index in [9.17, 15) is 18.8 Å². The van der Waals surface area contributed by atoms with Crippen molar-refractivity contribution < 1.29 is 33.5 Å². The first-order valence-electron chi connectivity index (χ1n) is 7.04. The fourth-order valence-corrected chi connectivity index (χ4v) is 2.60. The van der Waals surface area contributed by atoms with E-state index in [4.69, 9.17) is 9.94 Å². The van der Waals surface area contributed by atoms with Gasteiger partial charge in [0.05, 0.1) is 19.2 Å². The van der Waals surface area contributed by atoms with E-state index < -0.39 is 43.1 Å². The highest BCUT2D eigenvalue weighted by Crippen LogP contribution is 2.30. The average Bonchev–Trinajstić information content (AvgIpc) is 2.73. The molecule has 0 aliphatic carbocycles. The maximum absolute atomic E-state index is 13.7. The third-order valence-electron chi connectivity index (χ3n) is 3.50. The number of rotatable bonds is 6. The fourth-order valence-electron chi connectivity index (χ4n) is 2.60. The van der Waals surface area contributed by atoms with E-state index in [2.05, 4.69) is 10.1 Å². The summed E-state index contributed by atoms with van der Waals surface area (Å²) >= 11 is 0. The number of ether oxygens (including phenoxy) is 1. The van der Waals surface area contributed by atoms with Gasteiger partial charge in [0, 0.05) is 0 Å². The number of nitrogens with one attached hydrogen (secondary N) is 1. The van der Waals surface area contributed by atoms with E-state index in [0.717, 1.165) is 5.06 Å². The summed E-state index contributed by atoms with van der Waals surface area (Å²) in [4.78, 5) is 41.5. The van der Waals surface area contributed by atoms with Gasteiger partial charge < -0.3 is 20.1 Å². The molecule has 2 bridgehead atoms. The number of amides is 3. The topological polar surface area (TPSA) is 108 Å². The molecule has 10 heteroatoms. The van der Waals surface area contributed by atoms with E-state index in [1.54, 1.807) is 13.0 Å². The minimum absolute atomic E-state index is 0.0193. The molecule has 0 aromatic carbocycles. The van der Waals surface area contributed by atoms with E-state index in [1.807, 2.05) is 0 Å². The van der Waals surface area contributed by atoms with E-state index >= 15 is 0 Å². The van der Waals surface area contributed by atoms with Crippen LogP contribution >= 0.6 is 0 Å². The Labute approximate surface area is 131 Å². The maximum atomic E-state index is 13.7. The molecule has 0 spiro atoms. The molecule has 2 N–H and O–H groups in total. The van der Waals surface area contributed by atoms with Crippen molar-refractivity contribution in [2.45, 2.75) is 32.3 Å². The summed E-state index contributed by atoms with van der Waals surface area (Å²) in [5, 5.41) is 11.7. The van der Waals surface area contributed by atoms with E-state index in [-0.39, 0.29) is 13.2 Å². The molecule has 2 rings (SSSR count). The van der Waals surface area contributed by atoms with Crippen LogP contribution in [0, 0.1) is 0 Å². The highest BCUT2D eigenvalue weighted by molar-refractivity contribution is 5.91. The Bertz CT molecular complexity index is 540. The number of carbonyl (C=O) groups is 3. The van der Waals surface area contributed by atoms with Crippen LogP contribution in [0.25, 0.3) is 0 Å². The van der Waals surface area contributed by atoms with Crippen molar-refractivity contribution in [3.05, 3.63) is 11.6 Å². The zero-order chi connectivity index (χ0) is 17.1. The Balaban J connectivity index is 2.12. The number of hydrogen-bond acceptors (Lipinski definition) is 6. The maximum Gasteiger partial charge on any atom is 0.370 e. The van der Waals surface area contributed by atoms with Crippen molar-refractivity contribution in [3.8, 4) is 0 Å². The van der Waals surface area contributed by atoms with Crippen LogP contribution < -0.4 is 5.32 Å². The molecule has 1 fully saturated rings. The molecule has 0 aromatic rings. The third-order valence-corrected chi connectivity index (χ3v) is 3.50. The Morgan fingerprint density at radius 3 is 2.87 bits per heavy atom. The predicted molar refractivity (Wildman–Crippen MR) is 73.1 cm³/mol. The number of hydrogen-bond donors (Lipinski definition) is 2. The van der Waals surface area contributed by atoms with Gasteiger partial charge in [0.1, 0.15) is 12.8 Å². The van der Waals surface area contributed by atoms with Gasteiger partial charge in [0.25, 0.3) is 0 Å². The predicted octanol–water partition coefficient (Wildman–Crippen LogP) is -0.723. The number of nitrogens with zero attached hydrogens (tertiary/aromatic N) is 2. The van der Waals surface area contributed by atoms with Gasteiger partial charge in [-0.2, -0.15) is 5.06 Å². The Kier molecular flexibility index (Phi) is 5.16. The van der Waals surface area contributed by atoms with Crippen molar-refractivity contribution in [2.75, 3.05) is 19.9 Å². The van der Waals surface area contributed by atoms with Crippen LogP contribution in [0.15, 0.2) is 11.6 Å². The molecule has 128 valence electrons. The number of carbonyl (C=O) groups excluding carboxylic acids is 3. The molecule has 2 heterocycles. The first-order chi connectivity index (χ1) is 10.9. The number of hydroxylamine groups is 2. The second kappa shape index (κ2) is 6.92. The van der Waals surface area contributed by atoms with Gasteiger partial charge in [0.2, 0.25) is 5.91 Å². The summed E-state index contributed by atoms with van der Waals surface area (Å²) in [6.45, 7) is 2.67. The number of fused-ring (bicyclic) bond motifs is 2. The van der Waals surface area contributed by atoms with Crippen LogP contribution in [-0.4, -0.2) is 71.3 Å². The van der Waals surface area contributed by atoms with Gasteiger partial charge in [-0.1, -0.05) is 6.08 Å². The van der Waals surface area contributed by atoms with Crippen LogP contribution in [0.5, 0.6) is 0 Å². The van der Waals surface area contributed by atoms with Crippen LogP contribution in [-0.2, 0) is 19.2 Å². The van der Waals surface area contributed by atoms with Crippen molar-refractivity contribution in [3.63, 3.8) is 0 Å². The number of aliphatic hydroxyl groups excluding tert-OH is 1. The molecule has 0 aromatic heterocycles. The van der Waals surface area contributed by atoms with Gasteiger partial charge in [0.15, 0.2) is 0 Å². The monoisotopic (exact) mass is 331 g/mol. The van der Waals surface area contributed by atoms with Crippen molar-refractivity contribution in [1.29, 1.82) is 0 Å². The normalized spacial score (nSPS) is 24.3. The molecule has 0 saturated carbocycles. The molecule has 1 saturated heterocycles. The van der Waals surface area contributed by atoms with Crippen molar-refractivity contribution >= 4 is 17.9 Å². The molecular formula is C13H18FN3O6. The summed E-state index contributed by atoms with van der Waals surface area (Å²) in [7, 11) is 0. The first-order valence-corrected chi connectivity index (χ1v) is 7.04. The number of urea groups is 1. The minimum Gasteiger partial charge on any atom is -0.462 e. The Morgan fingerprint density at radius 1 is 1.57 bits per heavy atom. The Hall–Kier alpha value is -2.20. The number of aliphatic hydroxyl groups is 1. The second-order valence-electron chi connectivity index (χ2n) is 5.01. The first kappa shape index (κ1) is 17.2. The molecule has 0 radical (unpaired) electrons. The molecular weight excluding hydrogens is 313 g/mol. The fraction of sp³-hybridized carbons (Fsp3) is 0.615. The van der Waals surface area contributed by atoms with Gasteiger partial charge >= 0.3 is 18.4 Å². The minimum atomic E-state index is -2.43. The van der Waals surface area contributed by atoms with Crippen molar-refractivity contribution in [2.24, 2.45) is 0 Å². The van der Waals surface area contributed by atoms with Crippen LogP contribution in [0.1, 0.15) is 13.8 Å². The second-order valence-corrected chi connectivity index (χ2v) is 5.01. The van der Waals surface area contributed by atoms with Crippen LogP contribution in [0.4, 0.5) is 9.18 Å². The zero-order valence-corrected chi connectivity index (χ0v) is 12.7. The van der Waals surface area contributed by atoms with Crippen molar-refractivity contribution in [1.82, 2.24) is 15.3 Å². The molecule has 2 aliphatic rings. The third kappa shape index (κ3) is 3.27. The molecule has 2 aliphatic heterocycles. The van der Waals surface area contributed by atoms with Crippen LogP contribution in [0.3, 0.4) is 0 Å². The van der Waals surface area contributed by atoms with Gasteiger partial charge in [-0.25, -0.2) is 18.8 Å². The summed E-state index contributed by atoms with van der Waals surface area (Å²) in [5.74, 6) is -1.79. The lowest BCUT2D eigenvalue weighted by Crippen LogP contribution is -2.50. The standard InChI is InChI=1S/C13H18FN3O6/c1-3-22-12(20)10(14)23-17-8-4-7(2)9(11(19)15-6-18)16(5-8)13(17)21/h4,8-10,18H,3,5-6H2,1-2H3,(H,15,19)/t8-,9+,10+/m1/s1. The number of alkyl halides is 1. The summed E-state index contributed by atoms with van der Waals surface area (Å²) in [5.41, 5.74) is 0.554. The largest absolute Gasteiger partial charge is 0.462 e. The van der Waals surface area contributed by atoms with Gasteiger partial charge in [-0.05, 0) is 19.4 Å². The molecule has 3 amide bonds. The Morgan fingerprint density at radius 2 is 2.26 bits per heavy atom. The van der Waals surface area contributed by atoms with Gasteiger partial charge in [-0.15, -0.1) is 0 Å². The smallest absolute Gasteiger partial charge is 0.370 e. The lowest BCUT2D eigenvalue weighted by molar-refractivity contribution is -0.223. The van der Waals surface area contributed by atoms with E-state index in [0.29, 0.717) is 5.57 Å². The van der Waals surface area contributed by atoms with E-state index in [1.165, 1.54) is 11.8 Å². The van der Waals surface area contributed by atoms with Crippen LogP contribution in [0.2, 0.25) is 0 Å². The summed E-state index contributed by atoms with van der Waals surface area (Å²) in [6.07, 6.45) is -0.848. The molecule has 3 atom stereocenters. The molecule has 9 nitrogen and oxygen atoms in total. The summed E-state index contributed by atoms with van der Waals surface area (Å²) in [6, 6.07) is -2.28. The number of esters is 1. The van der Waals surface area contributed by atoms with Gasteiger partial charge in [-0.3, -0.25) is 4.79 Å². The zero-order valence-electron chi connectivity index (χ0n) is 12.7. The highest BCUT2D eigenvalue weighted by Gasteiger charge is 2.48. The SMILES string of the molecule is CCOC(=O)[C@@H](F)ON1C(=O)N2C[C@H]1C=C(C)[C@H]2C(=O)NCO. The lowest BCUT2D eigenvalue weighted by atomic mass is 10.0. The lowest BCUT2D eigenvalue weighted by Gasteiger charge is -2.28. The average molecular weight is 331 g/mol. The molecule has 0 unspecified atom stereocenters. The summed E-state index contributed by atoms with van der Waals surface area (Å²) < 4.78 is 18.2. The molecule has 23 heavy (non-hydrogen) atoms. The highest BCUT2D eigenvalue weighted by atomic mass is 19.1. The number of halogens is 1. The quantitative estimate of drug-likeness (QED) is 0.378.